The Balaban J connectivity index is 2.59. The molecule has 1 rings (SSSR count). The van der Waals surface area contributed by atoms with Gasteiger partial charge in [-0.2, -0.15) is 0 Å². The molecule has 4 nitrogen and oxygen atoms in total. The van der Waals surface area contributed by atoms with Crippen molar-refractivity contribution in [3.63, 3.8) is 0 Å². The Kier molecular flexibility index (Phi) is 2.43. The molecule has 5 heteroatoms. The number of hydrogen-bond donors (Lipinski definition) is 3. The zero-order chi connectivity index (χ0) is 8.59. The number of aliphatic hydroxyl groups is 3. The third kappa shape index (κ3) is 1.51. The molecule has 0 saturated carbocycles. The SMILES string of the molecule is C[C@H](O)[C@H]1OC(O)C(F)C1O. The van der Waals surface area contributed by atoms with E-state index in [9.17, 15) is 4.39 Å². The number of halogens is 1. The molecule has 1 aliphatic heterocycles. The normalized spacial score (nSPS) is 47.7. The molecule has 0 radical (unpaired) electrons. The highest BCUT2D eigenvalue weighted by Crippen LogP contribution is 2.24. The molecule has 11 heavy (non-hydrogen) atoms. The molecule has 1 fully saturated rings. The lowest BCUT2D eigenvalue weighted by Gasteiger charge is -2.15. The van der Waals surface area contributed by atoms with E-state index in [1.807, 2.05) is 0 Å². The Bertz CT molecular complexity index is 141. The maximum atomic E-state index is 12.6. The van der Waals surface area contributed by atoms with Crippen LogP contribution in [0.25, 0.3) is 0 Å². The molecule has 0 aromatic carbocycles. The van der Waals surface area contributed by atoms with E-state index in [4.69, 9.17) is 15.3 Å². The molecule has 0 aromatic heterocycles. The Hall–Kier alpha value is -0.230. The van der Waals surface area contributed by atoms with E-state index in [0.717, 1.165) is 0 Å². The maximum Gasteiger partial charge on any atom is 0.189 e. The summed E-state index contributed by atoms with van der Waals surface area (Å²) in [5.41, 5.74) is 0. The van der Waals surface area contributed by atoms with Crippen molar-refractivity contribution < 1.29 is 24.4 Å². The van der Waals surface area contributed by atoms with E-state index >= 15 is 0 Å². The van der Waals surface area contributed by atoms with Crippen LogP contribution in [0.1, 0.15) is 6.92 Å². The fraction of sp³-hybridized carbons (Fsp3) is 1.00. The predicted octanol–water partition coefficient (Wildman–Crippen LogP) is -1.22. The van der Waals surface area contributed by atoms with Gasteiger partial charge in [-0.3, -0.25) is 0 Å². The average molecular weight is 166 g/mol. The molecule has 3 N–H and O–H groups in total. The van der Waals surface area contributed by atoms with Crippen LogP contribution in [0.3, 0.4) is 0 Å². The highest BCUT2D eigenvalue weighted by molar-refractivity contribution is 4.88. The highest BCUT2D eigenvalue weighted by Gasteiger charge is 2.45. The van der Waals surface area contributed by atoms with Gasteiger partial charge in [0.1, 0.15) is 12.2 Å². The Morgan fingerprint density at radius 3 is 2.18 bits per heavy atom. The first-order valence-corrected chi connectivity index (χ1v) is 3.37. The van der Waals surface area contributed by atoms with Crippen molar-refractivity contribution in [2.75, 3.05) is 0 Å². The fourth-order valence-electron chi connectivity index (χ4n) is 1.07. The van der Waals surface area contributed by atoms with Gasteiger partial charge in [0, 0.05) is 0 Å². The van der Waals surface area contributed by atoms with Gasteiger partial charge in [0.25, 0.3) is 0 Å². The van der Waals surface area contributed by atoms with Gasteiger partial charge in [-0.25, -0.2) is 4.39 Å². The van der Waals surface area contributed by atoms with Gasteiger partial charge in [-0.05, 0) is 6.92 Å². The molecule has 0 amide bonds. The van der Waals surface area contributed by atoms with Gasteiger partial charge >= 0.3 is 0 Å². The number of aliphatic hydroxyl groups excluding tert-OH is 3. The summed E-state index contributed by atoms with van der Waals surface area (Å²) in [6, 6.07) is 0. The highest BCUT2D eigenvalue weighted by atomic mass is 19.1. The first-order chi connectivity index (χ1) is 5.04. The summed E-state index contributed by atoms with van der Waals surface area (Å²) in [6.07, 6.45) is -6.90. The second-order valence-corrected chi connectivity index (χ2v) is 2.67. The van der Waals surface area contributed by atoms with Crippen molar-refractivity contribution in [3.05, 3.63) is 0 Å². The van der Waals surface area contributed by atoms with Crippen LogP contribution in [0.2, 0.25) is 0 Å². The van der Waals surface area contributed by atoms with Crippen molar-refractivity contribution >= 4 is 0 Å². The minimum absolute atomic E-state index is 0.986. The van der Waals surface area contributed by atoms with E-state index in [-0.39, 0.29) is 0 Å². The van der Waals surface area contributed by atoms with E-state index in [2.05, 4.69) is 4.74 Å². The summed E-state index contributed by atoms with van der Waals surface area (Å²) in [6.45, 7) is 1.36. The summed E-state index contributed by atoms with van der Waals surface area (Å²) in [4.78, 5) is 0. The average Bonchev–Trinajstić information content (AvgIpc) is 2.17. The Labute approximate surface area is 63.2 Å². The number of ether oxygens (including phenoxy) is 1. The third-order valence-electron chi connectivity index (χ3n) is 1.71. The van der Waals surface area contributed by atoms with Crippen LogP contribution in [0.5, 0.6) is 0 Å². The molecule has 3 unspecified atom stereocenters. The molecule has 0 aromatic rings. The van der Waals surface area contributed by atoms with E-state index in [1.165, 1.54) is 6.92 Å². The van der Waals surface area contributed by atoms with Crippen molar-refractivity contribution in [3.8, 4) is 0 Å². The number of rotatable bonds is 1. The van der Waals surface area contributed by atoms with Gasteiger partial charge < -0.3 is 20.1 Å². The van der Waals surface area contributed by atoms with Crippen LogP contribution < -0.4 is 0 Å². The summed E-state index contributed by atoms with van der Waals surface area (Å²) >= 11 is 0. The Morgan fingerprint density at radius 2 is 2.00 bits per heavy atom. The molecule has 66 valence electrons. The van der Waals surface area contributed by atoms with Crippen molar-refractivity contribution in [2.45, 2.75) is 37.7 Å². The van der Waals surface area contributed by atoms with E-state index in [1.54, 1.807) is 0 Å². The predicted molar refractivity (Wildman–Crippen MR) is 33.5 cm³/mol. The van der Waals surface area contributed by atoms with Crippen LogP contribution in [0, 0.1) is 0 Å². The lowest BCUT2D eigenvalue weighted by Crippen LogP contribution is -2.35. The molecule has 0 spiro atoms. The summed E-state index contributed by atoms with van der Waals surface area (Å²) < 4.78 is 17.1. The Morgan fingerprint density at radius 1 is 1.45 bits per heavy atom. The van der Waals surface area contributed by atoms with Crippen molar-refractivity contribution in [2.24, 2.45) is 0 Å². The smallest absolute Gasteiger partial charge is 0.189 e. The standard InChI is InChI=1S/C6H11FO4/c1-2(8)5-4(9)3(7)6(10)11-5/h2-6,8-10H,1H3/t2-,3?,4?,5+,6?/m0/s1. The second kappa shape index (κ2) is 3.02. The molecule has 1 aliphatic rings. The number of alkyl halides is 1. The quantitative estimate of drug-likeness (QED) is 0.457. The summed E-state index contributed by atoms with van der Waals surface area (Å²) in [7, 11) is 0. The zero-order valence-corrected chi connectivity index (χ0v) is 6.01. The van der Waals surface area contributed by atoms with Gasteiger partial charge in [-0.15, -0.1) is 0 Å². The topological polar surface area (TPSA) is 69.9 Å². The van der Waals surface area contributed by atoms with Gasteiger partial charge in [0.05, 0.1) is 6.10 Å². The molecular formula is C6H11FO4. The largest absolute Gasteiger partial charge is 0.391 e. The molecule has 1 heterocycles. The first-order valence-electron chi connectivity index (χ1n) is 3.37. The summed E-state index contributed by atoms with van der Waals surface area (Å²) in [5, 5.41) is 26.6. The van der Waals surface area contributed by atoms with Gasteiger partial charge in [0.15, 0.2) is 12.5 Å². The molecule has 5 atom stereocenters. The summed E-state index contributed by atoms with van der Waals surface area (Å²) in [5.74, 6) is 0. The molecule has 0 bridgehead atoms. The lowest BCUT2D eigenvalue weighted by molar-refractivity contribution is -0.135. The second-order valence-electron chi connectivity index (χ2n) is 2.67. The van der Waals surface area contributed by atoms with Crippen LogP contribution in [-0.4, -0.2) is 46.1 Å². The van der Waals surface area contributed by atoms with Crippen LogP contribution in [-0.2, 0) is 4.74 Å². The first kappa shape index (κ1) is 8.86. The van der Waals surface area contributed by atoms with Crippen LogP contribution in [0.15, 0.2) is 0 Å². The third-order valence-corrected chi connectivity index (χ3v) is 1.71. The molecule has 0 aliphatic carbocycles. The van der Waals surface area contributed by atoms with E-state index in [0.29, 0.717) is 0 Å². The van der Waals surface area contributed by atoms with Crippen molar-refractivity contribution in [1.82, 2.24) is 0 Å². The minimum atomic E-state index is -1.82. The van der Waals surface area contributed by atoms with Gasteiger partial charge in [-0.1, -0.05) is 0 Å². The van der Waals surface area contributed by atoms with Crippen molar-refractivity contribution in [1.29, 1.82) is 0 Å². The van der Waals surface area contributed by atoms with Crippen LogP contribution in [0.4, 0.5) is 4.39 Å². The van der Waals surface area contributed by atoms with Gasteiger partial charge in [0.2, 0.25) is 0 Å². The minimum Gasteiger partial charge on any atom is -0.391 e. The lowest BCUT2D eigenvalue weighted by atomic mass is 10.1. The number of hydrogen-bond acceptors (Lipinski definition) is 4. The monoisotopic (exact) mass is 166 g/mol. The zero-order valence-electron chi connectivity index (χ0n) is 6.01. The molecular weight excluding hydrogens is 155 g/mol. The maximum absolute atomic E-state index is 12.6. The van der Waals surface area contributed by atoms with E-state index < -0.39 is 30.8 Å². The molecule has 1 saturated heterocycles. The fourth-order valence-corrected chi connectivity index (χ4v) is 1.07. The van der Waals surface area contributed by atoms with Crippen LogP contribution >= 0.6 is 0 Å².